The highest BCUT2D eigenvalue weighted by molar-refractivity contribution is 7.26. The minimum Gasteiger partial charge on any atom is -0.310 e. The van der Waals surface area contributed by atoms with Gasteiger partial charge in [-0.1, -0.05) is 127 Å². The van der Waals surface area contributed by atoms with E-state index in [1.807, 2.05) is 11.3 Å². The van der Waals surface area contributed by atoms with Crippen LogP contribution in [0, 0.1) is 0 Å². The first-order valence-corrected chi connectivity index (χ1v) is 18.3. The van der Waals surface area contributed by atoms with Crippen molar-refractivity contribution in [1.29, 1.82) is 0 Å². The molecule has 1 heterocycles. The lowest BCUT2D eigenvalue weighted by Gasteiger charge is -2.28. The molecule has 234 valence electrons. The molecule has 0 fully saturated rings. The topological polar surface area (TPSA) is 3.24 Å². The number of thiophene rings is 1. The van der Waals surface area contributed by atoms with E-state index in [1.165, 1.54) is 91.9 Å². The van der Waals surface area contributed by atoms with Gasteiger partial charge < -0.3 is 4.90 Å². The molecule has 0 saturated carbocycles. The Kier molecular flexibility index (Phi) is 6.02. The maximum atomic E-state index is 2.51. The van der Waals surface area contributed by atoms with Gasteiger partial charge >= 0.3 is 0 Å². The van der Waals surface area contributed by atoms with Gasteiger partial charge in [-0.2, -0.15) is 0 Å². The quantitative estimate of drug-likeness (QED) is 0.179. The Balaban J connectivity index is 1.20. The van der Waals surface area contributed by atoms with Crippen molar-refractivity contribution in [2.75, 3.05) is 4.90 Å². The molecular weight excluding hydrogens is 623 g/mol. The molecule has 0 atom stereocenters. The van der Waals surface area contributed by atoms with Gasteiger partial charge in [-0.25, -0.2) is 0 Å². The molecule has 50 heavy (non-hydrogen) atoms. The van der Waals surface area contributed by atoms with Gasteiger partial charge in [0.25, 0.3) is 0 Å². The van der Waals surface area contributed by atoms with E-state index in [0.717, 1.165) is 24.2 Å². The normalized spacial score (nSPS) is 13.2. The van der Waals surface area contributed by atoms with Gasteiger partial charge in [-0.05, 0) is 105 Å². The Bertz CT molecular complexity index is 2740. The van der Waals surface area contributed by atoms with E-state index >= 15 is 0 Å². The van der Waals surface area contributed by atoms with Crippen LogP contribution in [0.1, 0.15) is 23.1 Å². The van der Waals surface area contributed by atoms with Crippen LogP contribution in [0.2, 0.25) is 0 Å². The fraction of sp³-hybridized carbons (Fsp3) is 0.0417. The predicted octanol–water partition coefficient (Wildman–Crippen LogP) is 13.9. The van der Waals surface area contributed by atoms with E-state index in [0.29, 0.717) is 0 Å². The van der Waals surface area contributed by atoms with Gasteiger partial charge in [0, 0.05) is 42.3 Å². The van der Waals surface area contributed by atoms with E-state index in [-0.39, 0.29) is 0 Å². The van der Waals surface area contributed by atoms with Gasteiger partial charge in [-0.3, -0.25) is 0 Å². The van der Waals surface area contributed by atoms with Crippen LogP contribution in [-0.2, 0) is 6.42 Å². The SMILES string of the molecule is C1=C2c3c(ccc4ccc5sc6cc(N(c7ccc(-c8ccccc8)cc7)c7ccc(-c8ccccc8)cc7)c7cccc2c7c6c5c34)CC1. The second-order valence-electron chi connectivity index (χ2n) is 13.6. The summed E-state index contributed by atoms with van der Waals surface area (Å²) in [6, 6.07) is 58.4. The highest BCUT2D eigenvalue weighted by Crippen LogP contribution is 2.54. The summed E-state index contributed by atoms with van der Waals surface area (Å²) in [7, 11) is 0. The lowest BCUT2D eigenvalue weighted by atomic mass is 9.83. The molecule has 1 nitrogen and oxygen atoms in total. The third kappa shape index (κ3) is 4.06. The van der Waals surface area contributed by atoms with Crippen molar-refractivity contribution in [3.8, 4) is 22.3 Å². The molecule has 2 aliphatic rings. The molecule has 0 radical (unpaired) electrons. The third-order valence-corrected chi connectivity index (χ3v) is 11.9. The molecule has 0 N–H and O–H groups in total. The van der Waals surface area contributed by atoms with Crippen molar-refractivity contribution in [3.05, 3.63) is 180 Å². The summed E-state index contributed by atoms with van der Waals surface area (Å²) in [5.74, 6) is 0. The Morgan fingerprint density at radius 3 is 1.78 bits per heavy atom. The van der Waals surface area contributed by atoms with Crippen LogP contribution in [0.5, 0.6) is 0 Å². The molecule has 0 unspecified atom stereocenters. The number of fused-ring (bicyclic) bond motifs is 1. The molecule has 0 saturated heterocycles. The maximum Gasteiger partial charge on any atom is 0.0554 e. The van der Waals surface area contributed by atoms with Crippen LogP contribution in [0.3, 0.4) is 0 Å². The van der Waals surface area contributed by atoms with E-state index in [4.69, 9.17) is 0 Å². The van der Waals surface area contributed by atoms with Crippen molar-refractivity contribution in [2.24, 2.45) is 0 Å². The Labute approximate surface area is 295 Å². The van der Waals surface area contributed by atoms with Gasteiger partial charge in [0.2, 0.25) is 0 Å². The average Bonchev–Trinajstić information content (AvgIpc) is 3.51. The molecule has 0 bridgehead atoms. The fourth-order valence-electron chi connectivity index (χ4n) is 8.59. The van der Waals surface area contributed by atoms with E-state index < -0.39 is 0 Å². The molecule has 2 heteroatoms. The minimum atomic E-state index is 1.07. The van der Waals surface area contributed by atoms with Crippen molar-refractivity contribution in [2.45, 2.75) is 12.8 Å². The van der Waals surface area contributed by atoms with Crippen LogP contribution in [0.4, 0.5) is 17.1 Å². The van der Waals surface area contributed by atoms with Crippen LogP contribution in [0.25, 0.3) is 69.5 Å². The third-order valence-electron chi connectivity index (χ3n) is 10.8. The van der Waals surface area contributed by atoms with Crippen molar-refractivity contribution in [1.82, 2.24) is 0 Å². The number of anilines is 3. The van der Waals surface area contributed by atoms with Gasteiger partial charge in [0.15, 0.2) is 0 Å². The lowest BCUT2D eigenvalue weighted by Crippen LogP contribution is -2.11. The second kappa shape index (κ2) is 10.8. The van der Waals surface area contributed by atoms with Gasteiger partial charge in [0.05, 0.1) is 5.69 Å². The minimum absolute atomic E-state index is 1.07. The molecular formula is C48H31NS. The van der Waals surface area contributed by atoms with Crippen LogP contribution < -0.4 is 4.90 Å². The van der Waals surface area contributed by atoms with E-state index in [2.05, 4.69) is 169 Å². The Morgan fingerprint density at radius 2 is 1.10 bits per heavy atom. The lowest BCUT2D eigenvalue weighted by molar-refractivity contribution is 0.983. The summed E-state index contributed by atoms with van der Waals surface area (Å²) in [5.41, 5.74) is 14.1. The van der Waals surface area contributed by atoms with Crippen molar-refractivity contribution >= 4 is 75.7 Å². The zero-order chi connectivity index (χ0) is 32.8. The first kappa shape index (κ1) is 27.9. The summed E-state index contributed by atoms with van der Waals surface area (Å²) >= 11 is 1.94. The van der Waals surface area contributed by atoms with Crippen LogP contribution in [0.15, 0.2) is 164 Å². The maximum absolute atomic E-state index is 2.51. The zero-order valence-corrected chi connectivity index (χ0v) is 28.2. The highest BCUT2D eigenvalue weighted by Gasteiger charge is 2.28. The Hall–Kier alpha value is -5.96. The number of aryl methyl sites for hydroxylation is 1. The number of hydrogen-bond acceptors (Lipinski definition) is 2. The van der Waals surface area contributed by atoms with Gasteiger partial charge in [-0.15, -0.1) is 11.3 Å². The monoisotopic (exact) mass is 653 g/mol. The molecule has 9 aromatic rings. The molecule has 2 aliphatic carbocycles. The molecule has 8 aromatic carbocycles. The molecule has 0 amide bonds. The van der Waals surface area contributed by atoms with Crippen LogP contribution >= 0.6 is 11.3 Å². The van der Waals surface area contributed by atoms with E-state index in [9.17, 15) is 0 Å². The second-order valence-corrected chi connectivity index (χ2v) is 14.6. The van der Waals surface area contributed by atoms with Gasteiger partial charge in [0.1, 0.15) is 0 Å². The first-order chi connectivity index (χ1) is 24.8. The summed E-state index contributed by atoms with van der Waals surface area (Å²) in [5, 5.41) is 8.28. The standard InChI is InChI=1S/C48H31NS/c1-3-9-30(10-4-1)32-19-24-36(25-20-32)49(37-26-21-33(22-27-37)31-11-5-2-6-12-31)41-29-43-48-46-39(15-8-16-40(41)46)38-14-7-13-34-17-18-35-23-28-42(50-43)47(48)45(35)44(34)38/h1-6,8-12,14-29H,7,13H2. The summed E-state index contributed by atoms with van der Waals surface area (Å²) in [6.07, 6.45) is 4.68. The summed E-state index contributed by atoms with van der Waals surface area (Å²) in [6.45, 7) is 0. The molecule has 0 aliphatic heterocycles. The zero-order valence-electron chi connectivity index (χ0n) is 27.4. The van der Waals surface area contributed by atoms with Crippen LogP contribution in [-0.4, -0.2) is 0 Å². The first-order valence-electron chi connectivity index (χ1n) is 17.5. The average molecular weight is 654 g/mol. The number of hydrogen-bond donors (Lipinski definition) is 0. The van der Waals surface area contributed by atoms with Crippen molar-refractivity contribution < 1.29 is 0 Å². The molecule has 11 rings (SSSR count). The van der Waals surface area contributed by atoms with Crippen molar-refractivity contribution in [3.63, 3.8) is 0 Å². The number of nitrogens with zero attached hydrogens (tertiary/aromatic N) is 1. The Morgan fingerprint density at radius 1 is 0.480 bits per heavy atom. The largest absolute Gasteiger partial charge is 0.310 e. The smallest absolute Gasteiger partial charge is 0.0554 e. The number of benzene rings is 8. The highest BCUT2D eigenvalue weighted by atomic mass is 32.1. The van der Waals surface area contributed by atoms with E-state index in [1.54, 1.807) is 0 Å². The predicted molar refractivity (Wildman–Crippen MR) is 215 cm³/mol. The summed E-state index contributed by atoms with van der Waals surface area (Å²) in [4.78, 5) is 2.47. The summed E-state index contributed by atoms with van der Waals surface area (Å²) < 4.78 is 2.71. The fourth-order valence-corrected chi connectivity index (χ4v) is 9.75. The number of allylic oxidation sites excluding steroid dienone is 1. The molecule has 0 spiro atoms. The number of rotatable bonds is 5. The molecule has 1 aromatic heterocycles.